The summed E-state index contributed by atoms with van der Waals surface area (Å²) in [6.07, 6.45) is 0. The molecule has 0 bridgehead atoms. The van der Waals surface area contributed by atoms with E-state index in [4.69, 9.17) is 17.3 Å². The Morgan fingerprint density at radius 1 is 1.14 bits per heavy atom. The van der Waals surface area contributed by atoms with Crippen LogP contribution in [0.25, 0.3) is 0 Å². The lowest BCUT2D eigenvalue weighted by Crippen LogP contribution is -2.37. The number of hydrogen-bond acceptors (Lipinski definition) is 2. The topological polar surface area (TPSA) is 29.3 Å². The van der Waals surface area contributed by atoms with Crippen LogP contribution >= 0.6 is 11.6 Å². The molecule has 0 aromatic heterocycles. The number of likely N-dealkylation sites (N-methyl/N-ethyl adjacent to an activating group) is 1. The maximum absolute atomic E-state index is 14.1. The summed E-state index contributed by atoms with van der Waals surface area (Å²) in [7, 11) is 1.93. The van der Waals surface area contributed by atoms with E-state index < -0.39 is 0 Å². The van der Waals surface area contributed by atoms with Crippen LogP contribution in [-0.4, -0.2) is 18.0 Å². The van der Waals surface area contributed by atoms with Crippen LogP contribution in [0.1, 0.15) is 24.1 Å². The Bertz CT molecular complexity index is 601. The summed E-state index contributed by atoms with van der Waals surface area (Å²) in [5.41, 5.74) is 7.71. The summed E-state index contributed by atoms with van der Waals surface area (Å²) in [6.45, 7) is 2.50. The van der Waals surface area contributed by atoms with E-state index in [0.717, 1.165) is 5.56 Å². The molecule has 0 heterocycles. The maximum Gasteiger partial charge on any atom is 0.128 e. The summed E-state index contributed by atoms with van der Waals surface area (Å²) >= 11 is 6.20. The molecule has 2 rings (SSSR count). The van der Waals surface area contributed by atoms with Crippen molar-refractivity contribution in [3.05, 3.63) is 70.5 Å². The zero-order chi connectivity index (χ0) is 15.4. The Morgan fingerprint density at radius 2 is 1.76 bits per heavy atom. The molecular formula is C17H20ClFN2. The first-order chi connectivity index (χ1) is 10.0. The highest BCUT2D eigenvalue weighted by Gasteiger charge is 2.24. The van der Waals surface area contributed by atoms with E-state index in [-0.39, 0.29) is 17.9 Å². The molecule has 0 saturated heterocycles. The Hall–Kier alpha value is -1.42. The van der Waals surface area contributed by atoms with E-state index >= 15 is 0 Å². The van der Waals surface area contributed by atoms with Crippen molar-refractivity contribution in [2.24, 2.45) is 5.73 Å². The van der Waals surface area contributed by atoms with Gasteiger partial charge in [-0.25, -0.2) is 4.39 Å². The van der Waals surface area contributed by atoms with Gasteiger partial charge < -0.3 is 5.73 Å². The lowest BCUT2D eigenvalue weighted by molar-refractivity contribution is 0.206. The standard InChI is InChI=1S/C17H20ClFN2/c1-12(20)17(14-8-4-6-10-16(14)19)21(2)11-13-7-3-5-9-15(13)18/h3-10,12,17H,11,20H2,1-2H3. The van der Waals surface area contributed by atoms with Gasteiger partial charge in [-0.2, -0.15) is 0 Å². The molecular weight excluding hydrogens is 287 g/mol. The third-order valence-corrected chi connectivity index (χ3v) is 3.94. The first-order valence-corrected chi connectivity index (χ1v) is 7.32. The van der Waals surface area contributed by atoms with Gasteiger partial charge in [0.25, 0.3) is 0 Å². The average molecular weight is 307 g/mol. The van der Waals surface area contributed by atoms with Crippen LogP contribution in [0, 0.1) is 5.82 Å². The van der Waals surface area contributed by atoms with Crippen molar-refractivity contribution in [1.82, 2.24) is 4.90 Å². The van der Waals surface area contributed by atoms with Crippen molar-refractivity contribution in [3.63, 3.8) is 0 Å². The summed E-state index contributed by atoms with van der Waals surface area (Å²) in [5, 5.41) is 0.710. The molecule has 0 saturated carbocycles. The van der Waals surface area contributed by atoms with Gasteiger partial charge in [-0.1, -0.05) is 48.0 Å². The monoisotopic (exact) mass is 306 g/mol. The fourth-order valence-electron chi connectivity index (χ4n) is 2.63. The van der Waals surface area contributed by atoms with Gasteiger partial charge in [-0.05, 0) is 31.7 Å². The predicted molar refractivity (Wildman–Crippen MR) is 85.7 cm³/mol. The van der Waals surface area contributed by atoms with Crippen molar-refractivity contribution in [2.45, 2.75) is 25.6 Å². The Morgan fingerprint density at radius 3 is 2.38 bits per heavy atom. The van der Waals surface area contributed by atoms with Gasteiger partial charge in [0.1, 0.15) is 5.82 Å². The normalized spacial score (nSPS) is 14.2. The van der Waals surface area contributed by atoms with E-state index in [0.29, 0.717) is 17.1 Å². The van der Waals surface area contributed by atoms with Gasteiger partial charge in [0.15, 0.2) is 0 Å². The van der Waals surface area contributed by atoms with Crippen LogP contribution in [0.2, 0.25) is 5.02 Å². The minimum Gasteiger partial charge on any atom is -0.326 e. The smallest absolute Gasteiger partial charge is 0.128 e. The van der Waals surface area contributed by atoms with Gasteiger partial charge in [0, 0.05) is 23.2 Å². The van der Waals surface area contributed by atoms with Crippen LogP contribution in [0.15, 0.2) is 48.5 Å². The number of benzene rings is 2. The van der Waals surface area contributed by atoms with Gasteiger partial charge in [0.05, 0.1) is 6.04 Å². The van der Waals surface area contributed by atoms with Gasteiger partial charge in [-0.3, -0.25) is 4.90 Å². The second-order valence-corrected chi connectivity index (χ2v) is 5.74. The fraction of sp³-hybridized carbons (Fsp3) is 0.294. The molecule has 2 aromatic rings. The molecule has 2 unspecified atom stereocenters. The highest BCUT2D eigenvalue weighted by Crippen LogP contribution is 2.27. The molecule has 0 radical (unpaired) electrons. The van der Waals surface area contributed by atoms with Crippen LogP contribution in [0.3, 0.4) is 0 Å². The minimum atomic E-state index is -0.231. The van der Waals surface area contributed by atoms with E-state index in [1.807, 2.05) is 49.2 Å². The molecule has 4 heteroatoms. The van der Waals surface area contributed by atoms with E-state index in [1.54, 1.807) is 12.1 Å². The van der Waals surface area contributed by atoms with Crippen LogP contribution in [0.4, 0.5) is 4.39 Å². The fourth-order valence-corrected chi connectivity index (χ4v) is 2.83. The number of rotatable bonds is 5. The summed E-state index contributed by atoms with van der Waals surface area (Å²) in [6, 6.07) is 14.0. The highest BCUT2D eigenvalue weighted by molar-refractivity contribution is 6.31. The third kappa shape index (κ3) is 3.82. The van der Waals surface area contributed by atoms with E-state index in [9.17, 15) is 4.39 Å². The van der Waals surface area contributed by atoms with E-state index in [1.165, 1.54) is 6.07 Å². The van der Waals surface area contributed by atoms with Crippen molar-refractivity contribution < 1.29 is 4.39 Å². The first kappa shape index (κ1) is 16.0. The number of halogens is 2. The SMILES string of the molecule is CC(N)C(c1ccccc1F)N(C)Cc1ccccc1Cl. The van der Waals surface area contributed by atoms with Crippen molar-refractivity contribution in [2.75, 3.05) is 7.05 Å². The largest absolute Gasteiger partial charge is 0.326 e. The molecule has 0 fully saturated rings. The third-order valence-electron chi connectivity index (χ3n) is 3.57. The molecule has 2 nitrogen and oxygen atoms in total. The van der Waals surface area contributed by atoms with Gasteiger partial charge in [-0.15, -0.1) is 0 Å². The summed E-state index contributed by atoms with van der Waals surface area (Å²) < 4.78 is 14.1. The molecule has 0 aliphatic rings. The second-order valence-electron chi connectivity index (χ2n) is 5.33. The summed E-state index contributed by atoms with van der Waals surface area (Å²) in [4.78, 5) is 2.03. The maximum atomic E-state index is 14.1. The molecule has 2 N–H and O–H groups in total. The molecule has 2 atom stereocenters. The molecule has 0 spiro atoms. The van der Waals surface area contributed by atoms with Crippen LogP contribution < -0.4 is 5.73 Å². The molecule has 112 valence electrons. The summed E-state index contributed by atoms with van der Waals surface area (Å²) in [5.74, 6) is -0.231. The van der Waals surface area contributed by atoms with Crippen molar-refractivity contribution in [3.8, 4) is 0 Å². The Labute approximate surface area is 130 Å². The highest BCUT2D eigenvalue weighted by atomic mass is 35.5. The number of nitrogens with two attached hydrogens (primary N) is 1. The number of hydrogen-bond donors (Lipinski definition) is 1. The quantitative estimate of drug-likeness (QED) is 0.904. The Kier molecular flexibility index (Phi) is 5.34. The predicted octanol–water partition coefficient (Wildman–Crippen LogP) is 4.00. The van der Waals surface area contributed by atoms with Crippen molar-refractivity contribution >= 4 is 11.6 Å². The van der Waals surface area contributed by atoms with Crippen LogP contribution in [0.5, 0.6) is 0 Å². The van der Waals surface area contributed by atoms with Crippen molar-refractivity contribution in [1.29, 1.82) is 0 Å². The lowest BCUT2D eigenvalue weighted by atomic mass is 9.98. The van der Waals surface area contributed by atoms with Gasteiger partial charge >= 0.3 is 0 Å². The first-order valence-electron chi connectivity index (χ1n) is 6.94. The zero-order valence-corrected chi connectivity index (χ0v) is 13.0. The lowest BCUT2D eigenvalue weighted by Gasteiger charge is -2.32. The molecule has 0 aliphatic carbocycles. The average Bonchev–Trinajstić information content (AvgIpc) is 2.43. The van der Waals surface area contributed by atoms with Gasteiger partial charge in [0.2, 0.25) is 0 Å². The zero-order valence-electron chi connectivity index (χ0n) is 12.3. The number of nitrogens with zero attached hydrogens (tertiary/aromatic N) is 1. The second kappa shape index (κ2) is 7.03. The Balaban J connectivity index is 2.27. The molecule has 2 aromatic carbocycles. The van der Waals surface area contributed by atoms with Crippen LogP contribution in [-0.2, 0) is 6.54 Å². The molecule has 21 heavy (non-hydrogen) atoms. The molecule has 0 aliphatic heterocycles. The minimum absolute atomic E-state index is 0.200. The molecule has 0 amide bonds. The van der Waals surface area contributed by atoms with E-state index in [2.05, 4.69) is 0 Å².